The van der Waals surface area contributed by atoms with Gasteiger partial charge in [-0.05, 0) is 51.5 Å². The van der Waals surface area contributed by atoms with Crippen LogP contribution in [0.5, 0.6) is 0 Å². The number of rotatable bonds is 1. The number of benzene rings is 1. The van der Waals surface area contributed by atoms with Crippen LogP contribution in [0.15, 0.2) is 12.1 Å². The summed E-state index contributed by atoms with van der Waals surface area (Å²) in [5.41, 5.74) is 2.89. The topological polar surface area (TPSA) is 46.1 Å². The number of carbonyl (C=O) groups excluding carboxylic acids is 1. The zero-order chi connectivity index (χ0) is 17.6. The largest absolute Gasteiger partial charge is 0.335 e. The molecule has 4 rings (SSSR count). The number of hydrogen-bond donors (Lipinski definition) is 0. The summed E-state index contributed by atoms with van der Waals surface area (Å²) in [7, 11) is 0. The Morgan fingerprint density at radius 3 is 2.64 bits per heavy atom. The van der Waals surface area contributed by atoms with E-state index in [9.17, 15) is 9.18 Å². The molecule has 4 nitrogen and oxygen atoms in total. The van der Waals surface area contributed by atoms with Crippen LogP contribution in [0.1, 0.15) is 60.3 Å². The lowest BCUT2D eigenvalue weighted by atomic mass is 9.78. The molecule has 0 spiro atoms. The second-order valence-electron chi connectivity index (χ2n) is 7.47. The fraction of sp³-hybridized carbons (Fsp3) is 0.550. The average Bonchev–Trinajstić information content (AvgIpc) is 2.61. The van der Waals surface area contributed by atoms with Gasteiger partial charge in [-0.3, -0.25) is 4.79 Å². The van der Waals surface area contributed by atoms with Crippen molar-refractivity contribution in [2.75, 3.05) is 6.54 Å². The van der Waals surface area contributed by atoms with Crippen molar-refractivity contribution in [3.8, 4) is 0 Å². The maximum atomic E-state index is 14.2. The van der Waals surface area contributed by atoms with Crippen LogP contribution >= 0.6 is 0 Å². The third kappa shape index (κ3) is 2.90. The molecule has 0 bridgehead atoms. The molecule has 1 saturated heterocycles. The molecule has 2 aliphatic rings. The first-order valence-corrected chi connectivity index (χ1v) is 9.30. The minimum Gasteiger partial charge on any atom is -0.335 e. The number of aromatic nitrogens is 2. The second-order valence-corrected chi connectivity index (χ2v) is 7.47. The fourth-order valence-corrected chi connectivity index (χ4v) is 4.49. The van der Waals surface area contributed by atoms with Crippen LogP contribution in [-0.4, -0.2) is 33.4 Å². The third-order valence-electron chi connectivity index (χ3n) is 5.88. The van der Waals surface area contributed by atoms with E-state index in [0.717, 1.165) is 30.8 Å². The van der Waals surface area contributed by atoms with Crippen molar-refractivity contribution in [3.05, 3.63) is 34.9 Å². The summed E-state index contributed by atoms with van der Waals surface area (Å²) in [6.07, 6.45) is 6.94. The van der Waals surface area contributed by atoms with Crippen molar-refractivity contribution in [1.29, 1.82) is 0 Å². The summed E-state index contributed by atoms with van der Waals surface area (Å²) in [5, 5.41) is 0. The molecule has 5 heteroatoms. The minimum atomic E-state index is -0.425. The molecule has 1 aliphatic heterocycles. The number of carbonyl (C=O) groups is 1. The van der Waals surface area contributed by atoms with Gasteiger partial charge in [-0.15, -0.1) is 0 Å². The van der Waals surface area contributed by atoms with Crippen molar-refractivity contribution < 1.29 is 9.18 Å². The van der Waals surface area contributed by atoms with E-state index in [1.807, 2.05) is 18.7 Å². The summed E-state index contributed by atoms with van der Waals surface area (Å²) in [4.78, 5) is 24.3. The number of likely N-dealkylation sites (tertiary alicyclic amines) is 1. The molecule has 1 aliphatic carbocycles. The van der Waals surface area contributed by atoms with Gasteiger partial charge in [0.15, 0.2) is 0 Å². The number of nitrogens with zero attached hydrogens (tertiary/aromatic N) is 3. The van der Waals surface area contributed by atoms with E-state index in [1.54, 1.807) is 0 Å². The maximum Gasteiger partial charge on any atom is 0.256 e. The van der Waals surface area contributed by atoms with Crippen molar-refractivity contribution in [1.82, 2.24) is 14.9 Å². The van der Waals surface area contributed by atoms with Crippen LogP contribution in [0.4, 0.5) is 4.39 Å². The summed E-state index contributed by atoms with van der Waals surface area (Å²) in [6, 6.07) is 3.00. The highest BCUT2D eigenvalue weighted by atomic mass is 19.1. The van der Waals surface area contributed by atoms with E-state index < -0.39 is 5.82 Å². The van der Waals surface area contributed by atoms with Gasteiger partial charge in [0.1, 0.15) is 11.3 Å². The molecule has 1 aromatic carbocycles. The van der Waals surface area contributed by atoms with Crippen LogP contribution in [0, 0.1) is 25.6 Å². The summed E-state index contributed by atoms with van der Waals surface area (Å²) in [5.74, 6) is 0.0885. The fourth-order valence-electron chi connectivity index (χ4n) is 4.49. The van der Waals surface area contributed by atoms with Gasteiger partial charge >= 0.3 is 0 Å². The van der Waals surface area contributed by atoms with Crippen LogP contribution < -0.4 is 0 Å². The van der Waals surface area contributed by atoms with Crippen molar-refractivity contribution in [2.45, 2.75) is 58.4 Å². The Hall–Kier alpha value is -2.04. The zero-order valence-electron chi connectivity index (χ0n) is 14.9. The molecule has 132 valence electrons. The number of hydrogen-bond acceptors (Lipinski definition) is 3. The van der Waals surface area contributed by atoms with Gasteiger partial charge in [-0.25, -0.2) is 14.4 Å². The summed E-state index contributed by atoms with van der Waals surface area (Å²) < 4.78 is 14.2. The molecule has 1 aromatic heterocycles. The SMILES string of the molecule is Cc1nc2cc(F)cc(C(=O)N3CCCC4CCCCC43)c2nc1C. The average molecular weight is 341 g/mol. The molecule has 2 fully saturated rings. The Balaban J connectivity index is 1.78. The Morgan fingerprint density at radius 2 is 1.80 bits per heavy atom. The molecule has 25 heavy (non-hydrogen) atoms. The lowest BCUT2D eigenvalue weighted by molar-refractivity contribution is 0.0392. The normalized spacial score (nSPS) is 23.6. The van der Waals surface area contributed by atoms with Crippen LogP contribution in [0.3, 0.4) is 0 Å². The molecule has 1 amide bonds. The first kappa shape index (κ1) is 16.4. The van der Waals surface area contributed by atoms with E-state index in [2.05, 4.69) is 9.97 Å². The van der Waals surface area contributed by atoms with Crippen molar-refractivity contribution >= 4 is 16.9 Å². The lowest BCUT2D eigenvalue weighted by Gasteiger charge is -2.44. The lowest BCUT2D eigenvalue weighted by Crippen LogP contribution is -2.49. The van der Waals surface area contributed by atoms with E-state index in [1.165, 1.54) is 37.8 Å². The number of aryl methyl sites for hydroxylation is 2. The number of fused-ring (bicyclic) bond motifs is 2. The molecule has 1 saturated carbocycles. The third-order valence-corrected chi connectivity index (χ3v) is 5.88. The first-order valence-electron chi connectivity index (χ1n) is 9.30. The van der Waals surface area contributed by atoms with E-state index in [0.29, 0.717) is 28.6 Å². The molecule has 2 atom stereocenters. The quantitative estimate of drug-likeness (QED) is 0.782. The number of piperidine rings is 1. The highest BCUT2D eigenvalue weighted by Gasteiger charge is 2.36. The second kappa shape index (κ2) is 6.36. The van der Waals surface area contributed by atoms with Crippen LogP contribution in [0.25, 0.3) is 11.0 Å². The summed E-state index contributed by atoms with van der Waals surface area (Å²) >= 11 is 0. The zero-order valence-corrected chi connectivity index (χ0v) is 14.9. The van der Waals surface area contributed by atoms with E-state index >= 15 is 0 Å². The minimum absolute atomic E-state index is 0.0846. The molecule has 2 aromatic rings. The molecule has 2 unspecified atom stereocenters. The molecule has 0 N–H and O–H groups in total. The maximum absolute atomic E-state index is 14.2. The van der Waals surface area contributed by atoms with Crippen LogP contribution in [-0.2, 0) is 0 Å². The Labute approximate surface area is 147 Å². The molecule has 0 radical (unpaired) electrons. The number of halogens is 1. The Morgan fingerprint density at radius 1 is 1.08 bits per heavy atom. The van der Waals surface area contributed by atoms with Gasteiger partial charge in [0.25, 0.3) is 5.91 Å². The smallest absolute Gasteiger partial charge is 0.256 e. The summed E-state index contributed by atoms with van der Waals surface area (Å²) in [6.45, 7) is 4.49. The van der Waals surface area contributed by atoms with Crippen molar-refractivity contribution in [3.63, 3.8) is 0 Å². The molecule has 2 heterocycles. The van der Waals surface area contributed by atoms with Gasteiger partial charge in [0.05, 0.1) is 22.5 Å². The van der Waals surface area contributed by atoms with Gasteiger partial charge in [-0.2, -0.15) is 0 Å². The first-order chi connectivity index (χ1) is 12.0. The van der Waals surface area contributed by atoms with Gasteiger partial charge in [0.2, 0.25) is 0 Å². The van der Waals surface area contributed by atoms with Gasteiger partial charge in [-0.1, -0.05) is 12.8 Å². The number of amides is 1. The van der Waals surface area contributed by atoms with Gasteiger partial charge in [0, 0.05) is 18.7 Å². The van der Waals surface area contributed by atoms with E-state index in [4.69, 9.17) is 0 Å². The Bertz CT molecular complexity index is 833. The monoisotopic (exact) mass is 341 g/mol. The molecular weight excluding hydrogens is 317 g/mol. The highest BCUT2D eigenvalue weighted by Crippen LogP contribution is 2.36. The Kier molecular flexibility index (Phi) is 4.18. The molecular formula is C20H24FN3O. The van der Waals surface area contributed by atoms with E-state index in [-0.39, 0.29) is 5.91 Å². The predicted octanol–water partition coefficient (Wildman–Crippen LogP) is 4.18. The predicted molar refractivity (Wildman–Crippen MR) is 95.0 cm³/mol. The van der Waals surface area contributed by atoms with Crippen LogP contribution in [0.2, 0.25) is 0 Å². The highest BCUT2D eigenvalue weighted by molar-refractivity contribution is 6.05. The van der Waals surface area contributed by atoms with Gasteiger partial charge < -0.3 is 4.90 Å². The standard InChI is InChI=1S/C20H24FN3O/c1-12-13(2)23-19-16(10-15(21)11-17(19)22-12)20(25)24-9-5-7-14-6-3-4-8-18(14)24/h10-11,14,18H,3-9H2,1-2H3. The van der Waals surface area contributed by atoms with Crippen molar-refractivity contribution in [2.24, 2.45) is 5.92 Å².